The van der Waals surface area contributed by atoms with Gasteiger partial charge in [0.15, 0.2) is 0 Å². The van der Waals surface area contributed by atoms with Crippen molar-refractivity contribution in [3.05, 3.63) is 83.4 Å². The lowest BCUT2D eigenvalue weighted by Crippen LogP contribution is -2.43. The molecule has 0 aromatic heterocycles. The van der Waals surface area contributed by atoms with Crippen LogP contribution in [-0.4, -0.2) is 11.9 Å². The normalized spacial score (nSPS) is 18.1. The number of aryl methyl sites for hydroxylation is 1. The average molecular weight is 400 g/mol. The number of nitrogens with two attached hydrogens (primary N) is 1. The minimum absolute atomic E-state index is 0.0813. The summed E-state index contributed by atoms with van der Waals surface area (Å²) in [5.41, 5.74) is 13.7. The molecule has 4 nitrogen and oxygen atoms in total. The Hall–Kier alpha value is -3.11. The highest BCUT2D eigenvalue weighted by Gasteiger charge is 2.32. The molecule has 4 rings (SSSR count). The fraction of sp³-hybridized carbons (Fsp3) is 0.269. The average Bonchev–Trinajstić information content (AvgIpc) is 2.74. The van der Waals surface area contributed by atoms with E-state index in [1.54, 1.807) is 6.92 Å². The first-order valence-electron chi connectivity index (χ1n) is 10.5. The minimum Gasteiger partial charge on any atom is -0.378 e. The Morgan fingerprint density at radius 3 is 2.47 bits per heavy atom. The van der Waals surface area contributed by atoms with E-state index in [1.807, 2.05) is 4.90 Å². The lowest BCUT2D eigenvalue weighted by molar-refractivity contribution is -0.117. The second-order valence-electron chi connectivity index (χ2n) is 8.21. The molecule has 3 aromatic rings. The van der Waals surface area contributed by atoms with E-state index in [9.17, 15) is 4.79 Å². The molecule has 3 N–H and O–H groups in total. The number of rotatable bonds is 4. The number of hydrogen-bond donors (Lipinski definition) is 2. The summed E-state index contributed by atoms with van der Waals surface area (Å²) in [6.07, 6.45) is 0.850. The molecule has 1 heterocycles. The number of nitrogens with one attached hydrogen (secondary N) is 1. The maximum absolute atomic E-state index is 12.4. The Morgan fingerprint density at radius 2 is 1.80 bits per heavy atom. The number of fused-ring (bicyclic) bond motifs is 1. The highest BCUT2D eigenvalue weighted by atomic mass is 16.2. The maximum Gasteiger partial charge on any atom is 0.224 e. The van der Waals surface area contributed by atoms with Gasteiger partial charge in [-0.15, -0.1) is 0 Å². The van der Waals surface area contributed by atoms with Gasteiger partial charge in [-0.1, -0.05) is 48.0 Å². The van der Waals surface area contributed by atoms with Gasteiger partial charge in [0, 0.05) is 30.9 Å². The van der Waals surface area contributed by atoms with Gasteiger partial charge in [-0.3, -0.25) is 4.79 Å². The summed E-state index contributed by atoms with van der Waals surface area (Å²) in [5.74, 6) is 0.0813. The molecular formula is C26H29N3O. The fourth-order valence-electron chi connectivity index (χ4n) is 4.42. The maximum atomic E-state index is 12.4. The van der Waals surface area contributed by atoms with Crippen LogP contribution >= 0.6 is 0 Å². The predicted molar refractivity (Wildman–Crippen MR) is 125 cm³/mol. The molecule has 154 valence electrons. The summed E-state index contributed by atoms with van der Waals surface area (Å²) in [6.45, 7) is 6.41. The van der Waals surface area contributed by atoms with E-state index in [0.717, 1.165) is 28.9 Å². The monoisotopic (exact) mass is 399 g/mol. The van der Waals surface area contributed by atoms with Crippen molar-refractivity contribution < 1.29 is 4.79 Å². The zero-order valence-electron chi connectivity index (χ0n) is 17.9. The summed E-state index contributed by atoms with van der Waals surface area (Å²) in [5, 5.41) is 3.69. The first-order chi connectivity index (χ1) is 14.5. The third-order valence-electron chi connectivity index (χ3n) is 5.90. The van der Waals surface area contributed by atoms with Crippen LogP contribution in [0.15, 0.2) is 66.7 Å². The number of hydrogen-bond acceptors (Lipinski definition) is 3. The molecule has 0 bridgehead atoms. The summed E-state index contributed by atoms with van der Waals surface area (Å²) < 4.78 is 0. The largest absolute Gasteiger partial charge is 0.378 e. The van der Waals surface area contributed by atoms with Gasteiger partial charge in [-0.2, -0.15) is 0 Å². The van der Waals surface area contributed by atoms with Crippen LogP contribution in [0.25, 0.3) is 11.1 Å². The van der Waals surface area contributed by atoms with Crippen LogP contribution in [0.2, 0.25) is 0 Å². The topological polar surface area (TPSA) is 58.4 Å². The van der Waals surface area contributed by atoms with Crippen LogP contribution in [0.1, 0.15) is 43.0 Å². The quantitative estimate of drug-likeness (QED) is 0.616. The number of amides is 1. The van der Waals surface area contributed by atoms with E-state index >= 15 is 0 Å². The third-order valence-corrected chi connectivity index (χ3v) is 5.90. The van der Waals surface area contributed by atoms with Gasteiger partial charge in [0.05, 0.1) is 6.04 Å². The van der Waals surface area contributed by atoms with Crippen LogP contribution in [0.3, 0.4) is 0 Å². The Kier molecular flexibility index (Phi) is 5.60. The van der Waals surface area contributed by atoms with E-state index in [4.69, 9.17) is 5.73 Å². The Bertz CT molecular complexity index is 1060. The van der Waals surface area contributed by atoms with Gasteiger partial charge < -0.3 is 16.0 Å². The molecule has 0 unspecified atom stereocenters. The van der Waals surface area contributed by atoms with Crippen LogP contribution in [0, 0.1) is 6.92 Å². The van der Waals surface area contributed by atoms with E-state index in [0.29, 0.717) is 6.54 Å². The minimum atomic E-state index is 0.0813. The SMILES string of the molecule is CC(=O)N1c2ccc(-c3cccc(C)c3)cc2[C@H](Nc2ccc(CN)cc2)C[C@@H]1C. The number of benzene rings is 3. The highest BCUT2D eigenvalue weighted by Crippen LogP contribution is 2.41. The van der Waals surface area contributed by atoms with Crippen LogP contribution in [-0.2, 0) is 11.3 Å². The molecule has 30 heavy (non-hydrogen) atoms. The molecule has 3 aromatic carbocycles. The summed E-state index contributed by atoms with van der Waals surface area (Å²) in [6, 6.07) is 23.5. The van der Waals surface area contributed by atoms with E-state index < -0.39 is 0 Å². The Balaban J connectivity index is 1.75. The van der Waals surface area contributed by atoms with E-state index in [2.05, 4.69) is 85.9 Å². The van der Waals surface area contributed by atoms with Gasteiger partial charge in [-0.05, 0) is 66.8 Å². The summed E-state index contributed by atoms with van der Waals surface area (Å²) in [7, 11) is 0. The van der Waals surface area contributed by atoms with Crippen molar-refractivity contribution in [1.29, 1.82) is 0 Å². The molecule has 0 spiro atoms. The van der Waals surface area contributed by atoms with Crippen molar-refractivity contribution >= 4 is 17.3 Å². The summed E-state index contributed by atoms with van der Waals surface area (Å²) >= 11 is 0. The van der Waals surface area contributed by atoms with E-state index in [-0.39, 0.29) is 18.0 Å². The van der Waals surface area contributed by atoms with Gasteiger partial charge >= 0.3 is 0 Å². The second-order valence-corrected chi connectivity index (χ2v) is 8.21. The van der Waals surface area contributed by atoms with Crippen molar-refractivity contribution in [2.24, 2.45) is 5.73 Å². The number of nitrogens with zero attached hydrogens (tertiary/aromatic N) is 1. The van der Waals surface area contributed by atoms with Crippen molar-refractivity contribution in [2.75, 3.05) is 10.2 Å². The number of carbonyl (C=O) groups is 1. The van der Waals surface area contributed by atoms with Crippen molar-refractivity contribution in [1.82, 2.24) is 0 Å². The fourth-order valence-corrected chi connectivity index (χ4v) is 4.42. The predicted octanol–water partition coefficient (Wildman–Crippen LogP) is 5.42. The third kappa shape index (κ3) is 3.96. The van der Waals surface area contributed by atoms with Crippen LogP contribution in [0.4, 0.5) is 11.4 Å². The first-order valence-corrected chi connectivity index (χ1v) is 10.5. The molecular weight excluding hydrogens is 370 g/mol. The second kappa shape index (κ2) is 8.33. The Morgan fingerprint density at radius 1 is 1.07 bits per heavy atom. The van der Waals surface area contributed by atoms with Gasteiger partial charge in [0.1, 0.15) is 0 Å². The van der Waals surface area contributed by atoms with Gasteiger partial charge in [0.2, 0.25) is 5.91 Å². The molecule has 0 saturated heterocycles. The molecule has 0 fully saturated rings. The van der Waals surface area contributed by atoms with Gasteiger partial charge in [0.25, 0.3) is 0 Å². The number of anilines is 2. The van der Waals surface area contributed by atoms with Crippen molar-refractivity contribution in [3.63, 3.8) is 0 Å². The lowest BCUT2D eigenvalue weighted by atomic mass is 9.88. The molecule has 0 saturated carbocycles. The zero-order chi connectivity index (χ0) is 21.3. The lowest BCUT2D eigenvalue weighted by Gasteiger charge is -2.39. The Labute approximate surface area is 178 Å². The first kappa shape index (κ1) is 20.2. The number of carbonyl (C=O) groups excluding carboxylic acids is 1. The summed E-state index contributed by atoms with van der Waals surface area (Å²) in [4.78, 5) is 14.3. The highest BCUT2D eigenvalue weighted by molar-refractivity contribution is 5.94. The van der Waals surface area contributed by atoms with Gasteiger partial charge in [-0.25, -0.2) is 0 Å². The smallest absolute Gasteiger partial charge is 0.224 e. The van der Waals surface area contributed by atoms with E-state index in [1.165, 1.54) is 16.7 Å². The molecule has 1 amide bonds. The molecule has 0 radical (unpaired) electrons. The standard InChI is InChI=1S/C26H29N3O/c1-17-5-4-6-21(13-17)22-9-12-26-24(15-22)25(14-18(2)29(26)19(3)30)28-23-10-7-20(16-27)8-11-23/h4-13,15,18,25,28H,14,16,27H2,1-3H3/t18-,25+/m0/s1. The molecule has 0 aliphatic carbocycles. The van der Waals surface area contributed by atoms with Crippen LogP contribution < -0.4 is 16.0 Å². The molecule has 2 atom stereocenters. The van der Waals surface area contributed by atoms with Crippen molar-refractivity contribution in [3.8, 4) is 11.1 Å². The molecule has 4 heteroatoms. The van der Waals surface area contributed by atoms with Crippen molar-refractivity contribution in [2.45, 2.75) is 45.8 Å². The zero-order valence-corrected chi connectivity index (χ0v) is 17.9. The van der Waals surface area contributed by atoms with Crippen LogP contribution in [0.5, 0.6) is 0 Å². The molecule has 1 aliphatic rings. The molecule has 1 aliphatic heterocycles.